The second kappa shape index (κ2) is 6.08. The number of carbonyl (C=O) groups is 2. The summed E-state index contributed by atoms with van der Waals surface area (Å²) < 4.78 is 0. The number of fused-ring (bicyclic) bond motifs is 3. The normalized spacial score (nSPS) is 42.1. The van der Waals surface area contributed by atoms with Crippen LogP contribution in [0, 0.1) is 29.6 Å². The minimum atomic E-state index is -0.415. The highest BCUT2D eigenvalue weighted by Crippen LogP contribution is 2.67. The van der Waals surface area contributed by atoms with Crippen molar-refractivity contribution in [1.29, 1.82) is 0 Å². The third-order valence-electron chi connectivity index (χ3n) is 7.51. The number of nitrogens with zero attached hydrogens (tertiary/aromatic N) is 3. The van der Waals surface area contributed by atoms with Crippen molar-refractivity contribution in [3.63, 3.8) is 0 Å². The summed E-state index contributed by atoms with van der Waals surface area (Å²) >= 11 is 0. The molecule has 0 aromatic heterocycles. The van der Waals surface area contributed by atoms with Crippen LogP contribution in [-0.4, -0.2) is 52.9 Å². The predicted octanol–water partition coefficient (Wildman–Crippen LogP) is 2.62. The van der Waals surface area contributed by atoms with Crippen molar-refractivity contribution in [2.75, 3.05) is 13.1 Å². The summed E-state index contributed by atoms with van der Waals surface area (Å²) in [6, 6.07) is -0.586. The third kappa shape index (κ3) is 2.34. The van der Waals surface area contributed by atoms with E-state index in [2.05, 4.69) is 18.8 Å². The lowest BCUT2D eigenvalue weighted by Crippen LogP contribution is -2.65. The van der Waals surface area contributed by atoms with Gasteiger partial charge in [0.15, 0.2) is 6.17 Å². The van der Waals surface area contributed by atoms with Gasteiger partial charge in [0.05, 0.1) is 0 Å². The highest BCUT2D eigenvalue weighted by atomic mass is 16.2. The number of rotatable bonds is 5. The summed E-state index contributed by atoms with van der Waals surface area (Å²) in [4.78, 5) is 34.2. The zero-order chi connectivity index (χ0) is 18.9. The maximum atomic E-state index is 13.0. The van der Waals surface area contributed by atoms with Crippen LogP contribution in [0.5, 0.6) is 0 Å². The number of aliphatic imine (C=N–C) groups is 1. The van der Waals surface area contributed by atoms with Gasteiger partial charge in [0.25, 0.3) is 5.91 Å². The van der Waals surface area contributed by atoms with E-state index in [0.717, 1.165) is 30.5 Å². The molecule has 0 aromatic carbocycles. The minimum absolute atomic E-state index is 0.106. The SMILES string of the molecule is C=C1CC2C3CCC1C(C1=NC4C(N1)C(=O)N(CCC)C(=O)N4CCC)C32. The van der Waals surface area contributed by atoms with E-state index in [9.17, 15) is 9.59 Å². The van der Waals surface area contributed by atoms with Crippen LogP contribution in [0.3, 0.4) is 0 Å². The van der Waals surface area contributed by atoms with Crippen molar-refractivity contribution in [1.82, 2.24) is 15.1 Å². The predicted molar refractivity (Wildman–Crippen MR) is 103 cm³/mol. The molecule has 6 heteroatoms. The van der Waals surface area contributed by atoms with Gasteiger partial charge in [0.2, 0.25) is 0 Å². The Labute approximate surface area is 161 Å². The van der Waals surface area contributed by atoms with Gasteiger partial charge in [0, 0.05) is 19.0 Å². The van der Waals surface area contributed by atoms with Gasteiger partial charge in [0.1, 0.15) is 11.9 Å². The average molecular weight is 370 g/mol. The summed E-state index contributed by atoms with van der Waals surface area (Å²) in [5, 5.41) is 3.50. The highest BCUT2D eigenvalue weighted by Gasteiger charge is 2.64. The monoisotopic (exact) mass is 370 g/mol. The fraction of sp³-hybridized carbons (Fsp3) is 0.762. The lowest BCUT2D eigenvalue weighted by atomic mass is 9.71. The van der Waals surface area contributed by atoms with E-state index in [0.29, 0.717) is 30.8 Å². The lowest BCUT2D eigenvalue weighted by Gasteiger charge is -2.40. The Morgan fingerprint density at radius 3 is 2.67 bits per heavy atom. The average Bonchev–Trinajstić information content (AvgIpc) is 3.23. The fourth-order valence-corrected chi connectivity index (χ4v) is 6.34. The Morgan fingerprint density at radius 1 is 1.15 bits per heavy atom. The Morgan fingerprint density at radius 2 is 1.93 bits per heavy atom. The first kappa shape index (κ1) is 17.3. The number of nitrogens with one attached hydrogen (secondary N) is 1. The molecular weight excluding hydrogens is 340 g/mol. The van der Waals surface area contributed by atoms with Crippen molar-refractivity contribution in [3.8, 4) is 0 Å². The van der Waals surface area contributed by atoms with E-state index in [1.54, 1.807) is 0 Å². The molecule has 7 atom stereocenters. The summed E-state index contributed by atoms with van der Waals surface area (Å²) in [5.41, 5.74) is 1.38. The molecule has 0 spiro atoms. The topological polar surface area (TPSA) is 65.0 Å². The van der Waals surface area contributed by atoms with Crippen LogP contribution in [0.4, 0.5) is 4.79 Å². The molecule has 0 radical (unpaired) electrons. The molecule has 5 aliphatic rings. The molecule has 6 nitrogen and oxygen atoms in total. The second-order valence-electron chi connectivity index (χ2n) is 8.99. The van der Waals surface area contributed by atoms with Crippen LogP contribution in [0.2, 0.25) is 0 Å². The summed E-state index contributed by atoms with van der Waals surface area (Å²) in [7, 11) is 0. The number of hydrogen-bond acceptors (Lipinski definition) is 4. The molecular formula is C21H30N4O2. The Bertz CT molecular complexity index is 732. The van der Waals surface area contributed by atoms with Gasteiger partial charge >= 0.3 is 6.03 Å². The van der Waals surface area contributed by atoms with Gasteiger partial charge in [-0.15, -0.1) is 0 Å². The molecule has 3 aliphatic carbocycles. The third-order valence-corrected chi connectivity index (χ3v) is 7.51. The van der Waals surface area contributed by atoms with Crippen LogP contribution < -0.4 is 5.32 Å². The van der Waals surface area contributed by atoms with Gasteiger partial charge < -0.3 is 5.32 Å². The number of carbonyl (C=O) groups excluding carboxylic acids is 2. The quantitative estimate of drug-likeness (QED) is 0.757. The maximum absolute atomic E-state index is 13.0. The number of allylic oxidation sites excluding steroid dienone is 1. The van der Waals surface area contributed by atoms with Gasteiger partial charge in [-0.25, -0.2) is 9.79 Å². The van der Waals surface area contributed by atoms with Gasteiger partial charge in [-0.1, -0.05) is 26.0 Å². The van der Waals surface area contributed by atoms with Crippen LogP contribution in [-0.2, 0) is 4.79 Å². The van der Waals surface area contributed by atoms with Crippen molar-refractivity contribution in [2.24, 2.45) is 34.6 Å². The zero-order valence-electron chi connectivity index (χ0n) is 16.4. The van der Waals surface area contributed by atoms with Crippen molar-refractivity contribution >= 4 is 17.8 Å². The zero-order valence-corrected chi connectivity index (χ0v) is 16.4. The Balaban J connectivity index is 1.46. The first-order valence-corrected chi connectivity index (χ1v) is 10.7. The summed E-state index contributed by atoms with van der Waals surface area (Å²) in [6.45, 7) is 9.55. The molecule has 4 fully saturated rings. The summed E-state index contributed by atoms with van der Waals surface area (Å²) in [6.07, 6.45) is 4.96. The number of urea groups is 1. The minimum Gasteiger partial charge on any atom is -0.359 e. The Hall–Kier alpha value is -1.85. The van der Waals surface area contributed by atoms with Gasteiger partial charge in [-0.05, 0) is 55.8 Å². The first-order valence-electron chi connectivity index (χ1n) is 10.7. The van der Waals surface area contributed by atoms with E-state index in [-0.39, 0.29) is 18.1 Å². The van der Waals surface area contributed by atoms with Crippen LogP contribution in [0.15, 0.2) is 17.1 Å². The van der Waals surface area contributed by atoms with Crippen LogP contribution in [0.25, 0.3) is 0 Å². The van der Waals surface area contributed by atoms with Crippen molar-refractivity contribution in [3.05, 3.63) is 12.2 Å². The smallest absolute Gasteiger partial charge is 0.328 e. The molecule has 27 heavy (non-hydrogen) atoms. The maximum Gasteiger partial charge on any atom is 0.328 e. The number of hydrogen-bond donors (Lipinski definition) is 1. The van der Waals surface area contributed by atoms with Crippen molar-refractivity contribution < 1.29 is 9.59 Å². The van der Waals surface area contributed by atoms with E-state index in [4.69, 9.17) is 4.99 Å². The standard InChI is InChI=1S/C21H30N4O2/c1-4-8-24-19-17(20(26)25(9-5-2)21(24)27)22-18(23-19)16-12-6-7-13-14(15(13)16)10-11(12)3/h12-17,19H,3-10H2,1-2H3,(H,22,23). The molecule has 1 saturated heterocycles. The molecule has 3 amide bonds. The largest absolute Gasteiger partial charge is 0.359 e. The fourth-order valence-electron chi connectivity index (χ4n) is 6.34. The van der Waals surface area contributed by atoms with E-state index >= 15 is 0 Å². The number of amides is 3. The highest BCUT2D eigenvalue weighted by molar-refractivity contribution is 6.04. The molecule has 2 bridgehead atoms. The molecule has 5 rings (SSSR count). The van der Waals surface area contributed by atoms with E-state index in [1.165, 1.54) is 29.7 Å². The number of imide groups is 1. The molecule has 146 valence electrons. The Kier molecular flexibility index (Phi) is 3.89. The van der Waals surface area contributed by atoms with Gasteiger partial charge in [-0.2, -0.15) is 0 Å². The van der Waals surface area contributed by atoms with Crippen LogP contribution in [0.1, 0.15) is 46.0 Å². The molecule has 0 aromatic rings. The molecule has 3 saturated carbocycles. The second-order valence-corrected chi connectivity index (χ2v) is 8.99. The van der Waals surface area contributed by atoms with E-state index < -0.39 is 6.04 Å². The first-order chi connectivity index (χ1) is 13.1. The molecule has 7 unspecified atom stereocenters. The van der Waals surface area contributed by atoms with Crippen LogP contribution >= 0.6 is 0 Å². The van der Waals surface area contributed by atoms with E-state index in [1.807, 2.05) is 11.8 Å². The lowest BCUT2D eigenvalue weighted by molar-refractivity contribution is -0.134. The molecule has 1 N–H and O–H groups in total. The van der Waals surface area contributed by atoms with Gasteiger partial charge in [-0.3, -0.25) is 14.6 Å². The molecule has 2 aliphatic heterocycles. The number of amidine groups is 1. The summed E-state index contributed by atoms with van der Waals surface area (Å²) in [5.74, 6) is 4.05. The van der Waals surface area contributed by atoms with Crippen molar-refractivity contribution in [2.45, 2.75) is 58.2 Å². The molecule has 2 heterocycles.